The maximum absolute atomic E-state index is 3.34. The van der Waals surface area contributed by atoms with Gasteiger partial charge in [0, 0.05) is 19.5 Å². The predicted octanol–water partition coefficient (Wildman–Crippen LogP) is 0.721. The molecule has 4 nitrogen and oxygen atoms in total. The lowest BCUT2D eigenvalue weighted by atomic mass is 10.1. The molecule has 0 amide bonds. The molecule has 0 unspecified atom stereocenters. The molecular weight excluding hydrogens is 188 g/mol. The van der Waals surface area contributed by atoms with E-state index < -0.39 is 0 Å². The number of anilines is 1. The minimum absolute atomic E-state index is 0.922. The Kier molecular flexibility index (Phi) is 2.08. The molecule has 78 valence electrons. The number of nitrogens with zero attached hydrogens (tertiary/aromatic N) is 1. The lowest BCUT2D eigenvalue weighted by Crippen LogP contribution is -2.37. The SMILES string of the molecule is c1ccc(N2NNC3=C2CCNC3)cc1. The van der Waals surface area contributed by atoms with E-state index in [0.717, 1.165) is 19.5 Å². The van der Waals surface area contributed by atoms with E-state index in [2.05, 4.69) is 45.6 Å². The van der Waals surface area contributed by atoms with Gasteiger partial charge in [0.05, 0.1) is 17.1 Å². The van der Waals surface area contributed by atoms with Crippen LogP contribution in [0.1, 0.15) is 6.42 Å². The van der Waals surface area contributed by atoms with Gasteiger partial charge in [-0.25, -0.2) is 0 Å². The minimum Gasteiger partial charge on any atom is -0.311 e. The van der Waals surface area contributed by atoms with E-state index in [9.17, 15) is 0 Å². The highest BCUT2D eigenvalue weighted by atomic mass is 15.7. The Morgan fingerprint density at radius 2 is 2.00 bits per heavy atom. The van der Waals surface area contributed by atoms with Crippen LogP contribution in [0.2, 0.25) is 0 Å². The fourth-order valence-corrected chi connectivity index (χ4v) is 2.02. The van der Waals surface area contributed by atoms with Gasteiger partial charge >= 0.3 is 0 Å². The van der Waals surface area contributed by atoms with Crippen molar-refractivity contribution in [2.24, 2.45) is 0 Å². The van der Waals surface area contributed by atoms with Crippen LogP contribution in [0.3, 0.4) is 0 Å². The highest BCUT2D eigenvalue weighted by molar-refractivity contribution is 5.53. The Balaban J connectivity index is 1.93. The number of hydrazine groups is 2. The highest BCUT2D eigenvalue weighted by Crippen LogP contribution is 2.24. The van der Waals surface area contributed by atoms with E-state index in [1.165, 1.54) is 17.1 Å². The second-order valence-electron chi connectivity index (χ2n) is 3.76. The van der Waals surface area contributed by atoms with Crippen LogP contribution >= 0.6 is 0 Å². The van der Waals surface area contributed by atoms with Gasteiger partial charge in [0.25, 0.3) is 0 Å². The first kappa shape index (κ1) is 8.76. The molecule has 4 heteroatoms. The molecule has 0 radical (unpaired) electrons. The van der Waals surface area contributed by atoms with Gasteiger partial charge in [-0.1, -0.05) is 18.2 Å². The third kappa shape index (κ3) is 1.48. The molecule has 3 N–H and O–H groups in total. The number of benzene rings is 1. The van der Waals surface area contributed by atoms with Crippen LogP contribution in [0.5, 0.6) is 0 Å². The topological polar surface area (TPSA) is 39.3 Å². The van der Waals surface area contributed by atoms with Crippen molar-refractivity contribution in [1.29, 1.82) is 0 Å². The number of hydrogen-bond acceptors (Lipinski definition) is 4. The summed E-state index contributed by atoms with van der Waals surface area (Å²) in [5.74, 6) is 0. The van der Waals surface area contributed by atoms with Crippen LogP contribution in [-0.4, -0.2) is 13.1 Å². The molecular formula is C11H14N4. The van der Waals surface area contributed by atoms with Gasteiger partial charge in [-0.05, 0) is 12.1 Å². The first-order valence-corrected chi connectivity index (χ1v) is 5.25. The zero-order valence-electron chi connectivity index (χ0n) is 8.46. The molecule has 0 aromatic heterocycles. The van der Waals surface area contributed by atoms with Gasteiger partial charge in [-0.3, -0.25) is 5.01 Å². The molecule has 2 aliphatic heterocycles. The largest absolute Gasteiger partial charge is 0.311 e. The van der Waals surface area contributed by atoms with E-state index in [0.29, 0.717) is 0 Å². The summed E-state index contributed by atoms with van der Waals surface area (Å²) in [4.78, 5) is 0. The molecule has 1 aromatic carbocycles. The summed E-state index contributed by atoms with van der Waals surface area (Å²) in [7, 11) is 0. The summed E-state index contributed by atoms with van der Waals surface area (Å²) >= 11 is 0. The number of rotatable bonds is 1. The van der Waals surface area contributed by atoms with Crippen LogP contribution in [0, 0.1) is 0 Å². The molecule has 0 atom stereocenters. The summed E-state index contributed by atoms with van der Waals surface area (Å²) in [6.45, 7) is 1.97. The first-order valence-electron chi connectivity index (χ1n) is 5.25. The van der Waals surface area contributed by atoms with Gasteiger partial charge in [0.2, 0.25) is 0 Å². The van der Waals surface area contributed by atoms with Crippen molar-refractivity contribution in [2.75, 3.05) is 18.1 Å². The van der Waals surface area contributed by atoms with Gasteiger partial charge in [-0.2, -0.15) is 0 Å². The average molecular weight is 202 g/mol. The average Bonchev–Trinajstić information content (AvgIpc) is 2.74. The van der Waals surface area contributed by atoms with Gasteiger partial charge in [0.15, 0.2) is 0 Å². The summed E-state index contributed by atoms with van der Waals surface area (Å²) in [6, 6.07) is 10.3. The van der Waals surface area contributed by atoms with Gasteiger partial charge in [-0.15, -0.1) is 5.53 Å². The van der Waals surface area contributed by atoms with Crippen LogP contribution in [0.15, 0.2) is 41.7 Å². The van der Waals surface area contributed by atoms with Crippen molar-refractivity contribution < 1.29 is 0 Å². The highest BCUT2D eigenvalue weighted by Gasteiger charge is 2.24. The summed E-state index contributed by atoms with van der Waals surface area (Å²) in [6.07, 6.45) is 1.06. The third-order valence-corrected chi connectivity index (χ3v) is 2.79. The number of nitrogens with one attached hydrogen (secondary N) is 3. The van der Waals surface area contributed by atoms with Crippen LogP contribution in [0.25, 0.3) is 0 Å². The molecule has 15 heavy (non-hydrogen) atoms. The molecule has 0 fully saturated rings. The molecule has 3 rings (SSSR count). The fraction of sp³-hybridized carbons (Fsp3) is 0.273. The normalized spacial score (nSPS) is 20.1. The summed E-state index contributed by atoms with van der Waals surface area (Å²) in [5.41, 5.74) is 10.2. The van der Waals surface area contributed by atoms with Crippen molar-refractivity contribution >= 4 is 5.69 Å². The Labute approximate surface area is 88.9 Å². The molecule has 0 aliphatic carbocycles. The summed E-state index contributed by atoms with van der Waals surface area (Å²) in [5, 5.41) is 5.46. The van der Waals surface area contributed by atoms with Gasteiger partial charge < -0.3 is 10.7 Å². The lowest BCUT2D eigenvalue weighted by molar-refractivity contribution is 0.636. The molecule has 0 spiro atoms. The molecule has 2 aliphatic rings. The Morgan fingerprint density at radius 1 is 1.13 bits per heavy atom. The van der Waals surface area contributed by atoms with Crippen molar-refractivity contribution in [3.05, 3.63) is 41.7 Å². The standard InChI is InChI=1S/C11H14N4/c1-2-4-9(5-3-1)15-11-6-7-12-8-10(11)13-14-15/h1-5,12-14H,6-8H2. The van der Waals surface area contributed by atoms with Crippen LogP contribution < -0.4 is 21.3 Å². The van der Waals surface area contributed by atoms with Crippen molar-refractivity contribution in [2.45, 2.75) is 6.42 Å². The molecule has 1 aromatic rings. The number of hydrogen-bond donors (Lipinski definition) is 3. The quantitative estimate of drug-likeness (QED) is 0.627. The zero-order chi connectivity index (χ0) is 10.1. The monoisotopic (exact) mass is 202 g/mol. The number of para-hydroxylation sites is 1. The van der Waals surface area contributed by atoms with Crippen molar-refractivity contribution in [3.63, 3.8) is 0 Å². The Bertz CT molecular complexity index is 385. The summed E-state index contributed by atoms with van der Waals surface area (Å²) < 4.78 is 0. The molecule has 0 saturated heterocycles. The van der Waals surface area contributed by atoms with Crippen molar-refractivity contribution in [3.8, 4) is 0 Å². The van der Waals surface area contributed by atoms with Crippen molar-refractivity contribution in [1.82, 2.24) is 16.3 Å². The first-order chi connectivity index (χ1) is 7.45. The van der Waals surface area contributed by atoms with E-state index in [4.69, 9.17) is 0 Å². The molecule has 2 heterocycles. The second kappa shape index (κ2) is 3.56. The van der Waals surface area contributed by atoms with Gasteiger partial charge in [0.1, 0.15) is 0 Å². The van der Waals surface area contributed by atoms with Crippen LogP contribution in [0.4, 0.5) is 5.69 Å². The molecule has 0 saturated carbocycles. The predicted molar refractivity (Wildman–Crippen MR) is 59.7 cm³/mol. The van der Waals surface area contributed by atoms with Crippen LogP contribution in [-0.2, 0) is 0 Å². The van der Waals surface area contributed by atoms with E-state index in [1.54, 1.807) is 0 Å². The fourth-order valence-electron chi connectivity index (χ4n) is 2.02. The zero-order valence-corrected chi connectivity index (χ0v) is 8.46. The molecule has 0 bridgehead atoms. The minimum atomic E-state index is 0.922. The van der Waals surface area contributed by atoms with E-state index in [1.807, 2.05) is 6.07 Å². The Morgan fingerprint density at radius 3 is 2.87 bits per heavy atom. The smallest absolute Gasteiger partial charge is 0.0628 e. The maximum Gasteiger partial charge on any atom is 0.0628 e. The second-order valence-corrected chi connectivity index (χ2v) is 3.76. The van der Waals surface area contributed by atoms with E-state index >= 15 is 0 Å². The Hall–Kier alpha value is -1.52. The lowest BCUT2D eigenvalue weighted by Gasteiger charge is -2.22. The third-order valence-electron chi connectivity index (χ3n) is 2.79. The maximum atomic E-state index is 3.34. The van der Waals surface area contributed by atoms with E-state index in [-0.39, 0.29) is 0 Å².